The van der Waals surface area contributed by atoms with Crippen LogP contribution in [0.3, 0.4) is 0 Å². The van der Waals surface area contributed by atoms with Crippen molar-refractivity contribution in [2.24, 2.45) is 0 Å². The zero-order chi connectivity index (χ0) is 22.2. The number of phenols is 1. The summed E-state index contributed by atoms with van der Waals surface area (Å²) in [7, 11) is 0. The van der Waals surface area contributed by atoms with Crippen LogP contribution in [0.4, 0.5) is 5.69 Å². The summed E-state index contributed by atoms with van der Waals surface area (Å²) in [6.45, 7) is 0. The highest BCUT2D eigenvalue weighted by atomic mass is 35.5. The number of thiocarbonyl (C=S) groups is 1. The van der Waals surface area contributed by atoms with Crippen LogP contribution in [0.1, 0.15) is 23.5 Å². The first-order valence-electron chi connectivity index (χ1n) is 9.87. The molecule has 2 atom stereocenters. The van der Waals surface area contributed by atoms with Crippen LogP contribution < -0.4 is 10.2 Å². The number of nitrogens with one attached hydrogen (secondary N) is 1. The number of rotatable bonds is 4. The van der Waals surface area contributed by atoms with Crippen molar-refractivity contribution < 1.29 is 9.52 Å². The third-order valence-electron chi connectivity index (χ3n) is 5.37. The molecule has 1 aliphatic heterocycles. The van der Waals surface area contributed by atoms with Crippen LogP contribution in [0, 0.1) is 0 Å². The lowest BCUT2D eigenvalue weighted by molar-refractivity contribution is 0.434. The summed E-state index contributed by atoms with van der Waals surface area (Å²) in [6.07, 6.45) is 1.74. The van der Waals surface area contributed by atoms with Crippen molar-refractivity contribution in [1.82, 2.24) is 10.3 Å². The largest absolute Gasteiger partial charge is 0.506 e. The van der Waals surface area contributed by atoms with Gasteiger partial charge in [0.05, 0.1) is 27.5 Å². The predicted octanol–water partition coefficient (Wildman–Crippen LogP) is 6.53. The van der Waals surface area contributed by atoms with Crippen molar-refractivity contribution in [2.45, 2.75) is 12.1 Å². The number of pyridine rings is 1. The van der Waals surface area contributed by atoms with Crippen LogP contribution in [-0.4, -0.2) is 15.2 Å². The second-order valence-corrected chi connectivity index (χ2v) is 8.46. The molecule has 160 valence electrons. The van der Waals surface area contributed by atoms with E-state index in [1.165, 1.54) is 0 Å². The molecule has 2 aromatic heterocycles. The van der Waals surface area contributed by atoms with Gasteiger partial charge < -0.3 is 19.7 Å². The van der Waals surface area contributed by atoms with Crippen LogP contribution >= 0.6 is 35.4 Å². The van der Waals surface area contributed by atoms with E-state index in [-0.39, 0.29) is 11.8 Å². The number of halogens is 2. The summed E-state index contributed by atoms with van der Waals surface area (Å²) >= 11 is 18.3. The van der Waals surface area contributed by atoms with E-state index in [0.717, 1.165) is 5.69 Å². The van der Waals surface area contributed by atoms with Gasteiger partial charge in [-0.1, -0.05) is 47.5 Å². The fourth-order valence-corrected chi connectivity index (χ4v) is 4.65. The first-order valence-corrected chi connectivity index (χ1v) is 11.0. The molecule has 0 amide bonds. The second-order valence-electron chi connectivity index (χ2n) is 7.29. The van der Waals surface area contributed by atoms with Crippen LogP contribution in [0.5, 0.6) is 5.75 Å². The summed E-state index contributed by atoms with van der Waals surface area (Å²) in [4.78, 5) is 6.37. The van der Waals surface area contributed by atoms with E-state index >= 15 is 0 Å². The maximum atomic E-state index is 10.6. The molecule has 1 saturated heterocycles. The monoisotopic (exact) mass is 481 g/mol. The molecule has 0 spiro atoms. The third kappa shape index (κ3) is 3.60. The number of nitrogens with zero attached hydrogens (tertiary/aromatic N) is 2. The SMILES string of the molecule is Oc1ccccc1N1C(=S)N[C@@H](c2ccccn2)[C@@H]1c1ccc(-c2cccc(Cl)c2Cl)o1. The molecular weight excluding hydrogens is 465 g/mol. The number of furan rings is 1. The number of hydrogen-bond acceptors (Lipinski definition) is 4. The van der Waals surface area contributed by atoms with E-state index in [1.54, 1.807) is 24.4 Å². The van der Waals surface area contributed by atoms with Gasteiger partial charge in [-0.3, -0.25) is 4.98 Å². The second kappa shape index (κ2) is 8.47. The summed E-state index contributed by atoms with van der Waals surface area (Å²) in [5.41, 5.74) is 2.08. The minimum absolute atomic E-state index is 0.119. The van der Waals surface area contributed by atoms with E-state index in [1.807, 2.05) is 59.5 Å². The number of hydrogen-bond donors (Lipinski definition) is 2. The molecular formula is C24H17Cl2N3O2S. The standard InChI is InChI=1S/C24H17Cl2N3O2S/c25-15-7-5-6-14(21(15)26)19-11-12-20(31-19)23-22(16-8-3-4-13-27-16)28-24(32)29(23)17-9-1-2-10-18(17)30/h1-13,22-23,30H,(H,28,32)/t22-,23-/m0/s1. The normalized spacial score (nSPS) is 18.1. The summed E-state index contributed by atoms with van der Waals surface area (Å²) in [6, 6.07) is 21.2. The molecule has 5 rings (SSSR count). The fourth-order valence-electron chi connectivity index (χ4n) is 3.92. The highest BCUT2D eigenvalue weighted by Crippen LogP contribution is 2.45. The Morgan fingerprint density at radius 1 is 0.969 bits per heavy atom. The van der Waals surface area contributed by atoms with Crippen molar-refractivity contribution in [3.63, 3.8) is 0 Å². The van der Waals surface area contributed by atoms with Crippen molar-refractivity contribution in [2.75, 3.05) is 4.90 Å². The number of aromatic nitrogens is 1. The van der Waals surface area contributed by atoms with E-state index in [9.17, 15) is 5.11 Å². The minimum Gasteiger partial charge on any atom is -0.506 e. The molecule has 1 aliphatic rings. The third-order valence-corrected chi connectivity index (χ3v) is 6.51. The number of aromatic hydroxyl groups is 1. The molecule has 0 aliphatic carbocycles. The van der Waals surface area contributed by atoms with E-state index in [2.05, 4.69) is 10.3 Å². The van der Waals surface area contributed by atoms with Gasteiger partial charge in [0.15, 0.2) is 5.11 Å². The Hall–Kier alpha value is -3.06. The van der Waals surface area contributed by atoms with E-state index in [0.29, 0.717) is 37.9 Å². The van der Waals surface area contributed by atoms with Crippen molar-refractivity contribution in [1.29, 1.82) is 0 Å². The number of benzene rings is 2. The van der Waals surface area contributed by atoms with Gasteiger partial charge >= 0.3 is 0 Å². The maximum Gasteiger partial charge on any atom is 0.174 e. The lowest BCUT2D eigenvalue weighted by Crippen LogP contribution is -2.29. The molecule has 2 aromatic carbocycles. The van der Waals surface area contributed by atoms with Gasteiger partial charge in [-0.2, -0.15) is 0 Å². The molecule has 3 heterocycles. The van der Waals surface area contributed by atoms with Crippen LogP contribution in [0.2, 0.25) is 10.0 Å². The molecule has 32 heavy (non-hydrogen) atoms. The first-order chi connectivity index (χ1) is 15.5. The van der Waals surface area contributed by atoms with Gasteiger partial charge in [0, 0.05) is 11.8 Å². The molecule has 0 saturated carbocycles. The Bertz CT molecular complexity index is 1300. The maximum absolute atomic E-state index is 10.6. The first kappa shape index (κ1) is 20.8. The number of phenolic OH excluding ortho intramolecular Hbond substituents is 1. The zero-order valence-corrected chi connectivity index (χ0v) is 18.9. The molecule has 0 radical (unpaired) electrons. The Morgan fingerprint density at radius 3 is 2.56 bits per heavy atom. The van der Waals surface area contributed by atoms with Gasteiger partial charge in [0.1, 0.15) is 23.3 Å². The van der Waals surface area contributed by atoms with Crippen LogP contribution in [-0.2, 0) is 0 Å². The number of para-hydroxylation sites is 2. The van der Waals surface area contributed by atoms with Crippen molar-refractivity contribution in [3.05, 3.63) is 100 Å². The highest BCUT2D eigenvalue weighted by Gasteiger charge is 2.43. The Labute approximate surface area is 200 Å². The molecule has 2 N–H and O–H groups in total. The molecule has 8 heteroatoms. The Morgan fingerprint density at radius 2 is 1.78 bits per heavy atom. The van der Waals surface area contributed by atoms with Gasteiger partial charge in [0.2, 0.25) is 0 Å². The topological polar surface area (TPSA) is 61.5 Å². The Balaban J connectivity index is 1.63. The quantitative estimate of drug-likeness (QED) is 0.323. The zero-order valence-electron chi connectivity index (χ0n) is 16.6. The predicted molar refractivity (Wildman–Crippen MR) is 130 cm³/mol. The Kier molecular flexibility index (Phi) is 5.51. The van der Waals surface area contributed by atoms with Gasteiger partial charge in [-0.25, -0.2) is 0 Å². The van der Waals surface area contributed by atoms with Crippen LogP contribution in [0.15, 0.2) is 83.4 Å². The molecule has 1 fully saturated rings. The lowest BCUT2D eigenvalue weighted by atomic mass is 10.0. The molecule has 4 aromatic rings. The van der Waals surface area contributed by atoms with Crippen LogP contribution in [0.25, 0.3) is 11.3 Å². The molecule has 0 unspecified atom stereocenters. The van der Waals surface area contributed by atoms with Gasteiger partial charge in [0.25, 0.3) is 0 Å². The summed E-state index contributed by atoms with van der Waals surface area (Å²) < 4.78 is 6.29. The minimum atomic E-state index is -0.391. The molecule has 5 nitrogen and oxygen atoms in total. The summed E-state index contributed by atoms with van der Waals surface area (Å²) in [5, 5.41) is 15.2. The van der Waals surface area contributed by atoms with E-state index in [4.69, 9.17) is 39.8 Å². The van der Waals surface area contributed by atoms with Crippen molar-refractivity contribution >= 4 is 46.2 Å². The van der Waals surface area contributed by atoms with Gasteiger partial charge in [-0.15, -0.1) is 0 Å². The smallest absolute Gasteiger partial charge is 0.174 e. The van der Waals surface area contributed by atoms with E-state index < -0.39 is 6.04 Å². The average Bonchev–Trinajstić information content (AvgIpc) is 3.41. The average molecular weight is 482 g/mol. The lowest BCUT2D eigenvalue weighted by Gasteiger charge is -2.26. The molecule has 0 bridgehead atoms. The number of anilines is 1. The van der Waals surface area contributed by atoms with Crippen molar-refractivity contribution in [3.8, 4) is 17.1 Å². The fraction of sp³-hybridized carbons (Fsp3) is 0.0833. The highest BCUT2D eigenvalue weighted by molar-refractivity contribution is 7.80. The van der Waals surface area contributed by atoms with Gasteiger partial charge in [-0.05, 0) is 60.7 Å². The summed E-state index contributed by atoms with van der Waals surface area (Å²) in [5.74, 6) is 1.35.